The summed E-state index contributed by atoms with van der Waals surface area (Å²) >= 11 is 1.25. The molecule has 2 aromatic carbocycles. The number of anilines is 2. The Kier molecular flexibility index (Phi) is 4.75. The van der Waals surface area contributed by atoms with Crippen LogP contribution in [0.1, 0.15) is 20.9 Å². The minimum atomic E-state index is -0.526. The molecule has 0 unspecified atom stereocenters. The van der Waals surface area contributed by atoms with Gasteiger partial charge < -0.3 is 9.73 Å². The van der Waals surface area contributed by atoms with E-state index < -0.39 is 16.7 Å². The highest BCUT2D eigenvalue weighted by atomic mass is 32.1. The van der Waals surface area contributed by atoms with Gasteiger partial charge in [0.1, 0.15) is 0 Å². The number of non-ortho nitro benzene ring substituents is 1. The van der Waals surface area contributed by atoms with Gasteiger partial charge in [0.25, 0.3) is 17.5 Å². The van der Waals surface area contributed by atoms with Gasteiger partial charge in [-0.3, -0.25) is 25.0 Å². The maximum absolute atomic E-state index is 12.4. The van der Waals surface area contributed by atoms with E-state index in [-0.39, 0.29) is 11.4 Å². The molecular formula is C19H12N4O5S. The highest BCUT2D eigenvalue weighted by Crippen LogP contribution is 2.29. The Morgan fingerprint density at radius 3 is 2.52 bits per heavy atom. The molecule has 0 saturated heterocycles. The number of fused-ring (bicyclic) bond motifs is 1. The lowest BCUT2D eigenvalue weighted by Crippen LogP contribution is -2.11. The first-order valence-electron chi connectivity index (χ1n) is 8.31. The molecule has 0 bridgehead atoms. The average Bonchev–Trinajstić information content (AvgIpc) is 3.37. The van der Waals surface area contributed by atoms with E-state index in [0.29, 0.717) is 21.9 Å². The zero-order chi connectivity index (χ0) is 20.4. The van der Waals surface area contributed by atoms with Gasteiger partial charge in [-0.05, 0) is 42.5 Å². The number of nitrogens with one attached hydrogen (secondary N) is 2. The first kappa shape index (κ1) is 18.3. The van der Waals surface area contributed by atoms with Crippen molar-refractivity contribution in [3.63, 3.8) is 0 Å². The number of amides is 2. The number of carbonyl (C=O) groups excluding carboxylic acids is 2. The zero-order valence-corrected chi connectivity index (χ0v) is 15.4. The fraction of sp³-hybridized carbons (Fsp3) is 0. The average molecular weight is 408 g/mol. The summed E-state index contributed by atoms with van der Waals surface area (Å²) in [5, 5.41) is 16.5. The van der Waals surface area contributed by atoms with Crippen LogP contribution in [0.15, 0.2) is 65.3 Å². The van der Waals surface area contributed by atoms with Crippen LogP contribution in [0.4, 0.5) is 16.5 Å². The molecule has 2 heterocycles. The second-order valence-electron chi connectivity index (χ2n) is 5.89. The van der Waals surface area contributed by atoms with Gasteiger partial charge in [0.15, 0.2) is 10.9 Å². The fourth-order valence-electron chi connectivity index (χ4n) is 2.56. The number of hydrogen-bond acceptors (Lipinski definition) is 7. The molecule has 2 N–H and O–H groups in total. The van der Waals surface area contributed by atoms with Gasteiger partial charge in [-0.2, -0.15) is 0 Å². The van der Waals surface area contributed by atoms with Gasteiger partial charge in [-0.1, -0.05) is 11.3 Å². The summed E-state index contributed by atoms with van der Waals surface area (Å²) in [7, 11) is 0. The highest BCUT2D eigenvalue weighted by molar-refractivity contribution is 7.22. The van der Waals surface area contributed by atoms with Crippen LogP contribution in [-0.2, 0) is 0 Å². The number of benzene rings is 2. The summed E-state index contributed by atoms with van der Waals surface area (Å²) in [6, 6.07) is 13.6. The normalized spacial score (nSPS) is 10.6. The van der Waals surface area contributed by atoms with E-state index in [2.05, 4.69) is 15.6 Å². The molecule has 9 nitrogen and oxygen atoms in total. The molecule has 0 spiro atoms. The number of furan rings is 1. The van der Waals surface area contributed by atoms with Crippen molar-refractivity contribution in [3.8, 4) is 0 Å². The molecule has 144 valence electrons. The van der Waals surface area contributed by atoms with E-state index >= 15 is 0 Å². The first-order chi connectivity index (χ1) is 14.0. The number of nitro benzene ring substituents is 1. The largest absolute Gasteiger partial charge is 0.459 e. The third-order valence-electron chi connectivity index (χ3n) is 3.95. The zero-order valence-electron chi connectivity index (χ0n) is 14.6. The van der Waals surface area contributed by atoms with Crippen molar-refractivity contribution in [2.45, 2.75) is 0 Å². The number of hydrogen-bond donors (Lipinski definition) is 2. The van der Waals surface area contributed by atoms with Gasteiger partial charge in [-0.25, -0.2) is 4.98 Å². The lowest BCUT2D eigenvalue weighted by molar-refractivity contribution is -0.384. The van der Waals surface area contributed by atoms with Crippen molar-refractivity contribution in [1.29, 1.82) is 0 Å². The fourth-order valence-corrected chi connectivity index (χ4v) is 3.46. The molecule has 4 rings (SSSR count). The molecule has 0 radical (unpaired) electrons. The van der Waals surface area contributed by atoms with Crippen LogP contribution in [0.25, 0.3) is 10.2 Å². The summed E-state index contributed by atoms with van der Waals surface area (Å²) in [5.41, 5.74) is 1.41. The SMILES string of the molecule is O=C(Nc1ccc2nc(NC(=O)c3ccco3)sc2c1)c1ccc([N+](=O)[O-])cc1. The molecule has 0 fully saturated rings. The Morgan fingerprint density at radius 1 is 1.03 bits per heavy atom. The summed E-state index contributed by atoms with van der Waals surface area (Å²) in [4.78, 5) is 38.9. The molecule has 2 aromatic heterocycles. The van der Waals surface area contributed by atoms with Crippen LogP contribution in [0, 0.1) is 10.1 Å². The Bertz CT molecular complexity index is 1220. The molecule has 0 aliphatic heterocycles. The number of thiazole rings is 1. The van der Waals surface area contributed by atoms with Crippen LogP contribution < -0.4 is 10.6 Å². The molecule has 0 aliphatic carbocycles. The first-order valence-corrected chi connectivity index (χ1v) is 9.12. The van der Waals surface area contributed by atoms with E-state index in [9.17, 15) is 19.7 Å². The standard InChI is InChI=1S/C19H12N4O5S/c24-17(11-3-6-13(7-4-11)23(26)27)20-12-5-8-14-16(10-12)29-19(21-14)22-18(25)15-2-1-9-28-15/h1-10H,(H,20,24)(H,21,22,25). The predicted octanol–water partition coefficient (Wildman–Crippen LogP) is 4.30. The van der Waals surface area contributed by atoms with E-state index in [0.717, 1.165) is 4.70 Å². The maximum Gasteiger partial charge on any atom is 0.293 e. The van der Waals surface area contributed by atoms with Gasteiger partial charge in [0.05, 0.1) is 21.4 Å². The second kappa shape index (κ2) is 7.52. The Balaban J connectivity index is 1.49. The van der Waals surface area contributed by atoms with E-state index in [1.54, 1.807) is 30.3 Å². The van der Waals surface area contributed by atoms with Crippen molar-refractivity contribution in [1.82, 2.24) is 4.98 Å². The minimum Gasteiger partial charge on any atom is -0.459 e. The lowest BCUT2D eigenvalue weighted by Gasteiger charge is -2.05. The van der Waals surface area contributed by atoms with Gasteiger partial charge in [0, 0.05) is 23.4 Å². The Morgan fingerprint density at radius 2 is 1.83 bits per heavy atom. The topological polar surface area (TPSA) is 127 Å². The molecule has 0 saturated carbocycles. The molecule has 10 heteroatoms. The second-order valence-corrected chi connectivity index (χ2v) is 6.92. The van der Waals surface area contributed by atoms with Crippen molar-refractivity contribution < 1.29 is 18.9 Å². The molecule has 0 atom stereocenters. The van der Waals surface area contributed by atoms with Crippen LogP contribution in [-0.4, -0.2) is 21.7 Å². The third-order valence-corrected chi connectivity index (χ3v) is 4.89. The van der Waals surface area contributed by atoms with Gasteiger partial charge in [-0.15, -0.1) is 0 Å². The summed E-state index contributed by atoms with van der Waals surface area (Å²) in [6.45, 7) is 0. The van der Waals surface area contributed by atoms with Crippen molar-refractivity contribution in [3.05, 3.63) is 82.3 Å². The highest BCUT2D eigenvalue weighted by Gasteiger charge is 2.13. The van der Waals surface area contributed by atoms with E-state index in [1.807, 2.05) is 0 Å². The molecule has 29 heavy (non-hydrogen) atoms. The van der Waals surface area contributed by atoms with Gasteiger partial charge >= 0.3 is 0 Å². The molecular weight excluding hydrogens is 396 g/mol. The van der Waals surface area contributed by atoms with Crippen molar-refractivity contribution in [2.24, 2.45) is 0 Å². The molecule has 0 aliphatic rings. The van der Waals surface area contributed by atoms with Crippen LogP contribution in [0.2, 0.25) is 0 Å². The van der Waals surface area contributed by atoms with Crippen LogP contribution in [0.5, 0.6) is 0 Å². The molecule has 4 aromatic rings. The van der Waals surface area contributed by atoms with Crippen molar-refractivity contribution >= 4 is 49.9 Å². The quantitative estimate of drug-likeness (QED) is 0.374. The monoisotopic (exact) mass is 408 g/mol. The summed E-state index contributed by atoms with van der Waals surface area (Å²) in [5.74, 6) is -0.615. The van der Waals surface area contributed by atoms with Crippen LogP contribution >= 0.6 is 11.3 Å². The third kappa shape index (κ3) is 3.96. The van der Waals surface area contributed by atoms with Crippen molar-refractivity contribution in [2.75, 3.05) is 10.6 Å². The van der Waals surface area contributed by atoms with Crippen LogP contribution in [0.3, 0.4) is 0 Å². The van der Waals surface area contributed by atoms with Gasteiger partial charge in [0.2, 0.25) is 0 Å². The number of rotatable bonds is 5. The lowest BCUT2D eigenvalue weighted by atomic mass is 10.2. The maximum atomic E-state index is 12.4. The number of nitrogens with zero attached hydrogens (tertiary/aromatic N) is 2. The smallest absolute Gasteiger partial charge is 0.293 e. The van der Waals surface area contributed by atoms with E-state index in [4.69, 9.17) is 4.42 Å². The number of aromatic nitrogens is 1. The molecule has 2 amide bonds. The van der Waals surface area contributed by atoms with E-state index in [1.165, 1.54) is 41.9 Å². The summed E-state index contributed by atoms with van der Waals surface area (Å²) < 4.78 is 5.81. The Hall–Kier alpha value is -4.05. The Labute approximate surface area is 167 Å². The minimum absolute atomic E-state index is 0.0863. The number of carbonyl (C=O) groups is 2. The number of nitro groups is 1. The summed E-state index contributed by atoms with van der Waals surface area (Å²) in [6.07, 6.45) is 1.41. The predicted molar refractivity (Wildman–Crippen MR) is 107 cm³/mol.